The second kappa shape index (κ2) is 10.6. The lowest BCUT2D eigenvalue weighted by Crippen LogP contribution is -2.68. The molecule has 2 heterocycles. The van der Waals surface area contributed by atoms with Gasteiger partial charge in [0.25, 0.3) is 18.4 Å². The van der Waals surface area contributed by atoms with E-state index in [1.54, 1.807) is 12.1 Å². The molecule has 3 atom stereocenters. The highest BCUT2D eigenvalue weighted by Gasteiger charge is 2.57. The Labute approximate surface area is 234 Å². The van der Waals surface area contributed by atoms with Crippen molar-refractivity contribution in [3.05, 3.63) is 90.5 Å². The van der Waals surface area contributed by atoms with E-state index in [-0.39, 0.29) is 42.5 Å². The Morgan fingerprint density at radius 2 is 1.51 bits per heavy atom. The minimum Gasteiger partial charge on any atom is -0.406 e. The third-order valence-electron chi connectivity index (χ3n) is 8.10. The number of alkyl halides is 1. The summed E-state index contributed by atoms with van der Waals surface area (Å²) in [6.45, 7) is 8.71. The van der Waals surface area contributed by atoms with Crippen LogP contribution in [0.15, 0.2) is 89.8 Å². The maximum atomic E-state index is 15.0. The zero-order chi connectivity index (χ0) is 28.8. The monoisotopic (exact) mass is 568 g/mol. The van der Waals surface area contributed by atoms with E-state index in [9.17, 15) is 12.8 Å². The lowest BCUT2D eigenvalue weighted by molar-refractivity contribution is 0.107. The number of hydrogen-bond donors (Lipinski definition) is 0. The van der Waals surface area contributed by atoms with Crippen LogP contribution < -0.4 is 10.4 Å². The van der Waals surface area contributed by atoms with Crippen molar-refractivity contribution in [2.75, 3.05) is 19.7 Å². The molecule has 0 saturated carbocycles. The Morgan fingerprint density at radius 1 is 0.949 bits per heavy atom. The number of fused-ring (bicyclic) bond motifs is 1. The first-order chi connectivity index (χ1) is 18.8. The quantitative estimate of drug-likeness (QED) is 0.288. The lowest BCUT2D eigenvalue weighted by Gasteiger charge is -2.45. The van der Waals surface area contributed by atoms with Crippen LogP contribution in [0.2, 0.25) is 5.04 Å². The van der Waals surface area contributed by atoms with Gasteiger partial charge in [-0.2, -0.15) is 8.42 Å². The highest BCUT2D eigenvalue weighted by Crippen LogP contribution is 2.44. The van der Waals surface area contributed by atoms with Crippen LogP contribution in [0, 0.1) is 6.92 Å². The topological polar surface area (TPSA) is 55.8 Å². The summed E-state index contributed by atoms with van der Waals surface area (Å²) in [7, 11) is -7.11. The third kappa shape index (κ3) is 5.37. The SMILES string of the molecule is [2H]C1(OS(=O)(=O)c2ccc(C)cc2)CN2C[C@H](F)C[C@]2(CO[Si](c2ccccc2)(c2ccccc2)C(C)(C)C)C1. The zero-order valence-electron chi connectivity index (χ0n) is 24.1. The molecule has 1 unspecified atom stereocenters. The highest BCUT2D eigenvalue weighted by molar-refractivity contribution is 7.86. The van der Waals surface area contributed by atoms with Crippen molar-refractivity contribution in [3.63, 3.8) is 0 Å². The molecule has 3 aromatic rings. The fraction of sp³-hybridized carbons (Fsp3) is 0.419. The molecule has 39 heavy (non-hydrogen) atoms. The van der Waals surface area contributed by atoms with Gasteiger partial charge in [0, 0.05) is 25.0 Å². The molecule has 0 spiro atoms. The maximum Gasteiger partial charge on any atom is 0.297 e. The summed E-state index contributed by atoms with van der Waals surface area (Å²) in [5.41, 5.74) is 0.0753. The van der Waals surface area contributed by atoms with E-state index in [1.807, 2.05) is 48.2 Å². The molecule has 0 amide bonds. The number of benzene rings is 3. The average molecular weight is 569 g/mol. The summed E-state index contributed by atoms with van der Waals surface area (Å²) in [6.07, 6.45) is -2.64. The van der Waals surface area contributed by atoms with Gasteiger partial charge in [0.2, 0.25) is 0 Å². The summed E-state index contributed by atoms with van der Waals surface area (Å²) in [5, 5.41) is 1.95. The fourth-order valence-corrected chi connectivity index (χ4v) is 11.9. The van der Waals surface area contributed by atoms with Gasteiger partial charge in [-0.25, -0.2) is 4.39 Å². The summed E-state index contributed by atoms with van der Waals surface area (Å²) in [6, 6.07) is 26.8. The van der Waals surface area contributed by atoms with Crippen LogP contribution in [0.3, 0.4) is 0 Å². The van der Waals surface area contributed by atoms with Gasteiger partial charge >= 0.3 is 0 Å². The second-order valence-corrected chi connectivity index (χ2v) is 17.8. The maximum absolute atomic E-state index is 15.0. The number of halogens is 1. The molecule has 8 heteroatoms. The second-order valence-electron chi connectivity index (χ2n) is 11.9. The van der Waals surface area contributed by atoms with Crippen molar-refractivity contribution in [2.45, 2.75) is 68.3 Å². The van der Waals surface area contributed by atoms with Crippen LogP contribution in [0.4, 0.5) is 4.39 Å². The number of nitrogens with zero attached hydrogens (tertiary/aromatic N) is 1. The molecule has 3 aromatic carbocycles. The van der Waals surface area contributed by atoms with Gasteiger partial charge in [-0.3, -0.25) is 9.08 Å². The van der Waals surface area contributed by atoms with Crippen molar-refractivity contribution in [3.8, 4) is 0 Å². The van der Waals surface area contributed by atoms with Crippen LogP contribution in [0.1, 0.15) is 40.5 Å². The van der Waals surface area contributed by atoms with E-state index >= 15 is 0 Å². The van der Waals surface area contributed by atoms with Crippen molar-refractivity contribution in [2.24, 2.45) is 0 Å². The van der Waals surface area contributed by atoms with Crippen molar-refractivity contribution in [1.29, 1.82) is 0 Å². The van der Waals surface area contributed by atoms with Crippen LogP contribution in [0.5, 0.6) is 0 Å². The Hall–Kier alpha value is -2.36. The van der Waals surface area contributed by atoms with E-state index in [1.165, 1.54) is 12.1 Å². The minimum absolute atomic E-state index is 0.0113. The van der Waals surface area contributed by atoms with Gasteiger partial charge in [0.05, 0.1) is 19.0 Å². The number of rotatable bonds is 8. The number of aryl methyl sites for hydroxylation is 1. The molecule has 2 aliphatic heterocycles. The molecule has 0 N–H and O–H groups in total. The molecule has 2 saturated heterocycles. The molecule has 0 aliphatic carbocycles. The van der Waals surface area contributed by atoms with Gasteiger partial charge in [-0.1, -0.05) is 99.1 Å². The van der Waals surface area contributed by atoms with E-state index < -0.39 is 36.2 Å². The van der Waals surface area contributed by atoms with Crippen molar-refractivity contribution < 1.29 is 22.8 Å². The molecular formula is C31H38FNO4SSi. The van der Waals surface area contributed by atoms with E-state index in [4.69, 9.17) is 9.98 Å². The average Bonchev–Trinajstić information content (AvgIpc) is 3.31. The summed E-state index contributed by atoms with van der Waals surface area (Å²) < 4.78 is 63.1. The largest absolute Gasteiger partial charge is 0.406 e. The van der Waals surface area contributed by atoms with Crippen molar-refractivity contribution in [1.82, 2.24) is 4.90 Å². The Balaban J connectivity index is 1.49. The van der Waals surface area contributed by atoms with Crippen molar-refractivity contribution >= 4 is 28.8 Å². The Morgan fingerprint density at radius 3 is 2.05 bits per heavy atom. The molecule has 2 fully saturated rings. The van der Waals surface area contributed by atoms with Gasteiger partial charge in [0.1, 0.15) is 6.17 Å². The normalized spacial score (nSPS) is 26.4. The smallest absolute Gasteiger partial charge is 0.297 e. The van der Waals surface area contributed by atoms with Crippen LogP contribution in [0.25, 0.3) is 0 Å². The molecule has 2 aliphatic rings. The molecule has 5 nitrogen and oxygen atoms in total. The first-order valence-electron chi connectivity index (χ1n) is 14.0. The predicted octanol–water partition coefficient (Wildman–Crippen LogP) is 4.83. The highest BCUT2D eigenvalue weighted by atomic mass is 32.2. The molecule has 0 radical (unpaired) electrons. The first kappa shape index (κ1) is 26.8. The Kier molecular flexibility index (Phi) is 7.27. The summed E-state index contributed by atoms with van der Waals surface area (Å²) >= 11 is 0. The van der Waals surface area contributed by atoms with Crippen LogP contribution in [-0.2, 0) is 18.7 Å². The van der Waals surface area contributed by atoms with E-state index in [0.717, 1.165) is 15.9 Å². The minimum atomic E-state index is -4.18. The first-order valence-corrected chi connectivity index (χ1v) is 16.8. The summed E-state index contributed by atoms with van der Waals surface area (Å²) in [5.74, 6) is 0. The third-order valence-corrected chi connectivity index (χ3v) is 14.4. The summed E-state index contributed by atoms with van der Waals surface area (Å²) in [4.78, 5) is 1.89. The van der Waals surface area contributed by atoms with Crippen LogP contribution in [-0.4, -0.2) is 59.1 Å². The molecule has 5 rings (SSSR count). The molecule has 0 aromatic heterocycles. The van der Waals surface area contributed by atoms with Gasteiger partial charge in [-0.05, 0) is 40.9 Å². The lowest BCUT2D eigenvalue weighted by atomic mass is 9.94. The van der Waals surface area contributed by atoms with Gasteiger partial charge in [0.15, 0.2) is 0 Å². The van der Waals surface area contributed by atoms with Crippen LogP contribution >= 0.6 is 0 Å². The fourth-order valence-electron chi connectivity index (χ4n) is 6.26. The van der Waals surface area contributed by atoms with Gasteiger partial charge < -0.3 is 4.43 Å². The molecular weight excluding hydrogens is 529 g/mol. The Bertz CT molecular complexity index is 1400. The molecule has 0 bridgehead atoms. The van der Waals surface area contributed by atoms with Gasteiger partial charge in [-0.15, -0.1) is 0 Å². The predicted molar refractivity (Wildman–Crippen MR) is 155 cm³/mol. The standard InChI is InChI=1S/C31H38FNO4SSi/c1-24-15-17-27(18-16-24)38(34,35)37-26-20-31(19-25(32)21-33(31)22-26)23-36-39(30(2,3)4,28-11-7-5-8-12-28)29-13-9-6-10-14-29/h5-18,25-26H,19-23H2,1-4H3/t25-,26?,31-/m1/s1/i26D. The molecule has 208 valence electrons. The van der Waals surface area contributed by atoms with E-state index in [2.05, 4.69) is 45.0 Å². The zero-order valence-corrected chi connectivity index (χ0v) is 24.9. The number of hydrogen-bond acceptors (Lipinski definition) is 5. The van der Waals surface area contributed by atoms with E-state index in [0.29, 0.717) is 0 Å².